The van der Waals surface area contributed by atoms with E-state index in [-0.39, 0.29) is 19.6 Å². The summed E-state index contributed by atoms with van der Waals surface area (Å²) in [6.07, 6.45) is 0.586. The first kappa shape index (κ1) is 17.3. The highest BCUT2D eigenvalue weighted by Gasteiger charge is 2.34. The zero-order valence-corrected chi connectivity index (χ0v) is 12.6. The number of carboxylic acid groups (broad SMARTS) is 1. The van der Waals surface area contributed by atoms with Gasteiger partial charge in [-0.2, -0.15) is 0 Å². The Labute approximate surface area is 124 Å². The van der Waals surface area contributed by atoms with Crippen molar-refractivity contribution in [1.29, 1.82) is 0 Å². The Morgan fingerprint density at radius 3 is 2.43 bits per heavy atom. The molecule has 0 aliphatic rings. The summed E-state index contributed by atoms with van der Waals surface area (Å²) in [4.78, 5) is 11.5. The first-order valence-electron chi connectivity index (χ1n) is 6.66. The average molecular weight is 298 g/mol. The summed E-state index contributed by atoms with van der Waals surface area (Å²) >= 11 is 0. The van der Waals surface area contributed by atoms with Crippen molar-refractivity contribution in [3.8, 4) is 11.5 Å². The number of methoxy groups -OCH3 is 2. The van der Waals surface area contributed by atoms with E-state index in [4.69, 9.17) is 19.3 Å². The summed E-state index contributed by atoms with van der Waals surface area (Å²) < 4.78 is 15.8. The van der Waals surface area contributed by atoms with Gasteiger partial charge < -0.3 is 24.4 Å². The van der Waals surface area contributed by atoms with E-state index in [9.17, 15) is 9.90 Å². The number of hydrogen-bond donors (Lipinski definition) is 2. The molecule has 0 amide bonds. The third-order valence-electron chi connectivity index (χ3n) is 3.16. The number of ether oxygens (including phenoxy) is 3. The molecule has 0 bridgehead atoms. The second-order valence-corrected chi connectivity index (χ2v) is 4.83. The van der Waals surface area contributed by atoms with E-state index in [0.29, 0.717) is 17.9 Å². The maximum absolute atomic E-state index is 11.5. The molecule has 0 spiro atoms. The fourth-order valence-electron chi connectivity index (χ4n) is 1.93. The second-order valence-electron chi connectivity index (χ2n) is 4.83. The monoisotopic (exact) mass is 298 g/mol. The molecule has 0 saturated heterocycles. The zero-order chi connectivity index (χ0) is 15.9. The molecule has 0 aliphatic carbocycles. The fraction of sp³-hybridized carbons (Fsp3) is 0.533. The van der Waals surface area contributed by atoms with Crippen LogP contribution in [0.15, 0.2) is 18.2 Å². The zero-order valence-electron chi connectivity index (χ0n) is 12.6. The SMILES string of the molecule is COc1ccc(CC(C)(OCCCO)C(=O)O)cc1OC. The Bertz CT molecular complexity index is 473. The van der Waals surface area contributed by atoms with Gasteiger partial charge in [0.1, 0.15) is 0 Å². The van der Waals surface area contributed by atoms with Crippen LogP contribution in [0.2, 0.25) is 0 Å². The molecule has 21 heavy (non-hydrogen) atoms. The normalized spacial score (nSPS) is 13.5. The Balaban J connectivity index is 2.90. The molecule has 0 fully saturated rings. The Hall–Kier alpha value is -1.79. The van der Waals surface area contributed by atoms with Crippen LogP contribution in [0.25, 0.3) is 0 Å². The number of hydrogen-bond acceptors (Lipinski definition) is 5. The van der Waals surface area contributed by atoms with Crippen LogP contribution >= 0.6 is 0 Å². The molecular weight excluding hydrogens is 276 g/mol. The highest BCUT2D eigenvalue weighted by molar-refractivity contribution is 5.77. The molecule has 6 nitrogen and oxygen atoms in total. The Morgan fingerprint density at radius 1 is 1.24 bits per heavy atom. The van der Waals surface area contributed by atoms with Gasteiger partial charge in [0.25, 0.3) is 0 Å². The van der Waals surface area contributed by atoms with Crippen LogP contribution < -0.4 is 9.47 Å². The van der Waals surface area contributed by atoms with Gasteiger partial charge in [-0.15, -0.1) is 0 Å². The Kier molecular flexibility index (Phi) is 6.45. The third-order valence-corrected chi connectivity index (χ3v) is 3.16. The van der Waals surface area contributed by atoms with Crippen LogP contribution in [-0.2, 0) is 16.0 Å². The summed E-state index contributed by atoms with van der Waals surface area (Å²) in [5, 5.41) is 18.1. The van der Waals surface area contributed by atoms with Gasteiger partial charge in [-0.1, -0.05) is 6.07 Å². The van der Waals surface area contributed by atoms with Gasteiger partial charge in [-0.25, -0.2) is 4.79 Å². The minimum atomic E-state index is -1.35. The molecule has 118 valence electrons. The van der Waals surface area contributed by atoms with Crippen LogP contribution in [0.5, 0.6) is 11.5 Å². The van der Waals surface area contributed by atoms with E-state index >= 15 is 0 Å². The van der Waals surface area contributed by atoms with Crippen molar-refractivity contribution in [2.24, 2.45) is 0 Å². The van der Waals surface area contributed by atoms with Gasteiger partial charge in [0, 0.05) is 13.0 Å². The van der Waals surface area contributed by atoms with Crippen molar-refractivity contribution < 1.29 is 29.2 Å². The molecule has 6 heteroatoms. The van der Waals surface area contributed by atoms with Crippen LogP contribution in [-0.4, -0.2) is 49.2 Å². The molecular formula is C15H22O6. The van der Waals surface area contributed by atoms with E-state index in [1.807, 2.05) is 0 Å². The predicted octanol–water partition coefficient (Wildman–Crippen LogP) is 1.49. The third kappa shape index (κ3) is 4.61. The van der Waals surface area contributed by atoms with E-state index in [2.05, 4.69) is 0 Å². The summed E-state index contributed by atoms with van der Waals surface area (Å²) in [5.41, 5.74) is -0.587. The molecule has 1 atom stereocenters. The van der Waals surface area contributed by atoms with Crippen molar-refractivity contribution in [2.75, 3.05) is 27.4 Å². The lowest BCUT2D eigenvalue weighted by atomic mass is 9.96. The maximum Gasteiger partial charge on any atom is 0.336 e. The minimum Gasteiger partial charge on any atom is -0.493 e. The first-order valence-corrected chi connectivity index (χ1v) is 6.66. The summed E-state index contributed by atoms with van der Waals surface area (Å²) in [5.74, 6) is 0.0767. The fourth-order valence-corrected chi connectivity index (χ4v) is 1.93. The summed E-state index contributed by atoms with van der Waals surface area (Å²) in [7, 11) is 3.06. The highest BCUT2D eigenvalue weighted by atomic mass is 16.5. The van der Waals surface area contributed by atoms with Gasteiger partial charge in [0.05, 0.1) is 20.8 Å². The van der Waals surface area contributed by atoms with Crippen LogP contribution in [0, 0.1) is 0 Å². The number of aliphatic hydroxyl groups excluding tert-OH is 1. The van der Waals surface area contributed by atoms with Gasteiger partial charge in [-0.3, -0.25) is 0 Å². The number of carbonyl (C=O) groups is 1. The number of benzene rings is 1. The lowest BCUT2D eigenvalue weighted by molar-refractivity contribution is -0.163. The number of aliphatic hydroxyl groups is 1. The largest absolute Gasteiger partial charge is 0.493 e. The minimum absolute atomic E-state index is 0.0357. The van der Waals surface area contributed by atoms with Crippen molar-refractivity contribution >= 4 is 5.97 Å². The van der Waals surface area contributed by atoms with Gasteiger partial charge in [-0.05, 0) is 31.0 Å². The number of carboxylic acids is 1. The van der Waals surface area contributed by atoms with Crippen LogP contribution in [0.3, 0.4) is 0 Å². The van der Waals surface area contributed by atoms with E-state index in [0.717, 1.165) is 5.56 Å². The first-order chi connectivity index (χ1) is 9.96. The average Bonchev–Trinajstić information content (AvgIpc) is 2.47. The molecule has 1 aromatic carbocycles. The van der Waals surface area contributed by atoms with Crippen molar-refractivity contribution in [3.63, 3.8) is 0 Å². The molecule has 0 saturated carbocycles. The maximum atomic E-state index is 11.5. The van der Waals surface area contributed by atoms with E-state index in [1.54, 1.807) is 18.2 Å². The second kappa shape index (κ2) is 7.85. The molecule has 0 radical (unpaired) electrons. The van der Waals surface area contributed by atoms with Crippen molar-refractivity contribution in [2.45, 2.75) is 25.4 Å². The summed E-state index contributed by atoms with van der Waals surface area (Å²) in [6.45, 7) is 1.67. The Morgan fingerprint density at radius 2 is 1.90 bits per heavy atom. The van der Waals surface area contributed by atoms with Crippen LogP contribution in [0.1, 0.15) is 18.9 Å². The lowest BCUT2D eigenvalue weighted by Crippen LogP contribution is -2.41. The molecule has 0 aliphatic heterocycles. The van der Waals surface area contributed by atoms with Crippen LogP contribution in [0.4, 0.5) is 0 Å². The van der Waals surface area contributed by atoms with Gasteiger partial charge in [0.2, 0.25) is 0 Å². The van der Waals surface area contributed by atoms with Gasteiger partial charge >= 0.3 is 5.97 Å². The number of rotatable bonds is 9. The van der Waals surface area contributed by atoms with E-state index in [1.165, 1.54) is 21.1 Å². The van der Waals surface area contributed by atoms with Gasteiger partial charge in [0.15, 0.2) is 17.1 Å². The van der Waals surface area contributed by atoms with Crippen molar-refractivity contribution in [3.05, 3.63) is 23.8 Å². The quantitative estimate of drug-likeness (QED) is 0.672. The molecule has 1 aromatic rings. The van der Waals surface area contributed by atoms with E-state index < -0.39 is 11.6 Å². The number of aliphatic carboxylic acids is 1. The highest BCUT2D eigenvalue weighted by Crippen LogP contribution is 2.29. The molecule has 1 unspecified atom stereocenters. The van der Waals surface area contributed by atoms with Crippen molar-refractivity contribution in [1.82, 2.24) is 0 Å². The molecule has 0 aromatic heterocycles. The topological polar surface area (TPSA) is 85.2 Å². The molecule has 0 heterocycles. The predicted molar refractivity (Wildman–Crippen MR) is 76.9 cm³/mol. The summed E-state index contributed by atoms with van der Waals surface area (Å²) in [6, 6.07) is 5.23. The standard InChI is InChI=1S/C15H22O6/c1-15(14(17)18,21-8-4-7-16)10-11-5-6-12(19-2)13(9-11)20-3/h5-6,9,16H,4,7-8,10H2,1-3H3,(H,17,18). The molecule has 1 rings (SSSR count). The molecule has 2 N–H and O–H groups in total. The lowest BCUT2D eigenvalue weighted by Gasteiger charge is -2.25. The smallest absolute Gasteiger partial charge is 0.336 e.